The third-order valence-electron chi connectivity index (χ3n) is 10.3. The van der Waals surface area contributed by atoms with Crippen LogP contribution >= 0.6 is 0 Å². The maximum atomic E-state index is 4.76. The maximum absolute atomic E-state index is 4.76. The molecule has 0 saturated heterocycles. The molecule has 0 bridgehead atoms. The van der Waals surface area contributed by atoms with Crippen LogP contribution in [0.3, 0.4) is 0 Å². The van der Waals surface area contributed by atoms with Gasteiger partial charge in [-0.25, -0.2) is 0 Å². The van der Waals surface area contributed by atoms with E-state index < -0.39 is 0 Å². The van der Waals surface area contributed by atoms with E-state index in [0.29, 0.717) is 12.0 Å². The Hall–Kier alpha value is -2.81. The van der Waals surface area contributed by atoms with Gasteiger partial charge in [-0.05, 0) is 123 Å². The van der Waals surface area contributed by atoms with Gasteiger partial charge in [0.05, 0.1) is 12.2 Å². The zero-order valence-corrected chi connectivity index (χ0v) is 23.7. The standard InChI is InChI=1S/C36H45N3/c1-26(28-7-3-2-4-8-28)38(36-12-6-11-32(22-36)34-23-37-39(25-34)35-19-20-35)24-27-13-15-30(16-14-27)33-18-17-29-9-5-10-31(29)21-33/h6,11-12,17-18,21-23,25,27-28,30,35H,1-5,7-10,13-16,19-20,24H2. The third kappa shape index (κ3) is 5.47. The number of aromatic nitrogens is 2. The molecule has 0 radical (unpaired) electrons. The molecule has 3 nitrogen and oxygen atoms in total. The molecule has 1 aromatic heterocycles. The van der Waals surface area contributed by atoms with Gasteiger partial charge in [-0.3, -0.25) is 4.68 Å². The van der Waals surface area contributed by atoms with Gasteiger partial charge in [0.25, 0.3) is 0 Å². The summed E-state index contributed by atoms with van der Waals surface area (Å²) in [7, 11) is 0. The van der Waals surface area contributed by atoms with Gasteiger partial charge in [0.15, 0.2) is 0 Å². The van der Waals surface area contributed by atoms with Gasteiger partial charge in [0, 0.05) is 29.7 Å². The molecular weight excluding hydrogens is 474 g/mol. The number of benzene rings is 2. The largest absolute Gasteiger partial charge is 0.345 e. The Morgan fingerprint density at radius 2 is 1.64 bits per heavy atom. The summed E-state index contributed by atoms with van der Waals surface area (Å²) in [5.74, 6) is 2.11. The number of hydrogen-bond donors (Lipinski definition) is 0. The topological polar surface area (TPSA) is 21.1 Å². The van der Waals surface area contributed by atoms with Crippen LogP contribution in [0.25, 0.3) is 11.1 Å². The zero-order chi connectivity index (χ0) is 26.2. The Bertz CT molecular complexity index is 1300. The van der Waals surface area contributed by atoms with Crippen molar-refractivity contribution in [1.82, 2.24) is 9.78 Å². The molecule has 0 spiro atoms. The van der Waals surface area contributed by atoms with E-state index in [9.17, 15) is 0 Å². The van der Waals surface area contributed by atoms with Crippen molar-refractivity contribution in [2.75, 3.05) is 11.4 Å². The Morgan fingerprint density at radius 1 is 0.821 bits per heavy atom. The summed E-state index contributed by atoms with van der Waals surface area (Å²) in [4.78, 5) is 2.63. The molecule has 0 N–H and O–H groups in total. The molecule has 0 unspecified atom stereocenters. The molecule has 3 heteroatoms. The average Bonchev–Trinajstić information content (AvgIpc) is 3.52. The van der Waals surface area contributed by atoms with Crippen LogP contribution in [0.2, 0.25) is 0 Å². The Morgan fingerprint density at radius 3 is 2.46 bits per heavy atom. The van der Waals surface area contributed by atoms with Crippen molar-refractivity contribution >= 4 is 5.69 Å². The second-order valence-electron chi connectivity index (χ2n) is 13.0. The van der Waals surface area contributed by atoms with Gasteiger partial charge >= 0.3 is 0 Å². The van der Waals surface area contributed by atoms with Crippen molar-refractivity contribution in [3.63, 3.8) is 0 Å². The van der Waals surface area contributed by atoms with Gasteiger partial charge in [-0.2, -0.15) is 5.10 Å². The van der Waals surface area contributed by atoms with Gasteiger partial charge < -0.3 is 4.90 Å². The zero-order valence-electron chi connectivity index (χ0n) is 23.7. The first-order chi connectivity index (χ1) is 19.2. The van der Waals surface area contributed by atoms with Crippen LogP contribution in [0.1, 0.15) is 106 Å². The van der Waals surface area contributed by atoms with E-state index in [1.807, 2.05) is 0 Å². The molecule has 1 heterocycles. The molecule has 4 aliphatic carbocycles. The van der Waals surface area contributed by atoms with Crippen molar-refractivity contribution in [2.24, 2.45) is 11.8 Å². The van der Waals surface area contributed by atoms with Gasteiger partial charge in [0.1, 0.15) is 0 Å². The van der Waals surface area contributed by atoms with Gasteiger partial charge in [0.2, 0.25) is 0 Å². The highest BCUT2D eigenvalue weighted by Gasteiger charge is 2.29. The van der Waals surface area contributed by atoms with Crippen molar-refractivity contribution < 1.29 is 0 Å². The molecule has 3 aromatic rings. The van der Waals surface area contributed by atoms with Crippen molar-refractivity contribution in [3.05, 3.63) is 83.8 Å². The lowest BCUT2D eigenvalue weighted by molar-refractivity contribution is 0.323. The van der Waals surface area contributed by atoms with Crippen LogP contribution in [0.15, 0.2) is 67.1 Å². The number of fused-ring (bicyclic) bond motifs is 1. The summed E-state index contributed by atoms with van der Waals surface area (Å²) in [5.41, 5.74) is 10.0. The van der Waals surface area contributed by atoms with E-state index in [1.54, 1.807) is 16.7 Å². The molecule has 3 fully saturated rings. The monoisotopic (exact) mass is 519 g/mol. The molecule has 39 heavy (non-hydrogen) atoms. The number of rotatable bonds is 8. The highest BCUT2D eigenvalue weighted by Crippen LogP contribution is 2.41. The molecule has 0 amide bonds. The summed E-state index contributed by atoms with van der Waals surface area (Å²) >= 11 is 0. The van der Waals surface area contributed by atoms with Crippen LogP contribution in [0.5, 0.6) is 0 Å². The normalized spacial score (nSPS) is 23.5. The Kier molecular flexibility index (Phi) is 7.09. The van der Waals surface area contributed by atoms with E-state index in [0.717, 1.165) is 18.4 Å². The lowest BCUT2D eigenvalue weighted by atomic mass is 9.77. The van der Waals surface area contributed by atoms with E-state index in [-0.39, 0.29) is 0 Å². The number of anilines is 1. The summed E-state index contributed by atoms with van der Waals surface area (Å²) in [5, 5.41) is 4.67. The van der Waals surface area contributed by atoms with Crippen molar-refractivity contribution in [1.29, 1.82) is 0 Å². The third-order valence-corrected chi connectivity index (χ3v) is 10.3. The molecule has 7 rings (SSSR count). The fourth-order valence-corrected chi connectivity index (χ4v) is 7.71. The van der Waals surface area contributed by atoms with Gasteiger partial charge in [-0.1, -0.05) is 56.2 Å². The van der Waals surface area contributed by atoms with Crippen LogP contribution < -0.4 is 4.90 Å². The van der Waals surface area contributed by atoms with Crippen LogP contribution in [-0.4, -0.2) is 16.3 Å². The number of hydrogen-bond acceptors (Lipinski definition) is 2. The minimum absolute atomic E-state index is 0.622. The summed E-state index contributed by atoms with van der Waals surface area (Å²) in [6.07, 6.45) is 22.7. The quantitative estimate of drug-likeness (QED) is 0.296. The van der Waals surface area contributed by atoms with E-state index in [1.165, 1.54) is 112 Å². The first-order valence-corrected chi connectivity index (χ1v) is 15.9. The summed E-state index contributed by atoms with van der Waals surface area (Å²) in [6.45, 7) is 5.87. The Balaban J connectivity index is 1.08. The molecule has 0 atom stereocenters. The van der Waals surface area contributed by atoms with Crippen LogP contribution in [0.4, 0.5) is 5.69 Å². The maximum Gasteiger partial charge on any atom is 0.0568 e. The predicted octanol–water partition coefficient (Wildman–Crippen LogP) is 9.25. The fourth-order valence-electron chi connectivity index (χ4n) is 7.71. The van der Waals surface area contributed by atoms with E-state index in [4.69, 9.17) is 6.58 Å². The van der Waals surface area contributed by atoms with E-state index >= 15 is 0 Å². The smallest absolute Gasteiger partial charge is 0.0568 e. The molecule has 0 aliphatic heterocycles. The SMILES string of the molecule is C=C(C1CCCCC1)N(CC1CCC(c2ccc3c(c2)CCC3)CC1)c1cccc(-c2cnn(C3CC3)c2)c1. The Labute approximate surface area is 235 Å². The average molecular weight is 520 g/mol. The molecular formula is C36H45N3. The lowest BCUT2D eigenvalue weighted by Crippen LogP contribution is -2.33. The molecule has 4 aliphatic rings. The highest BCUT2D eigenvalue weighted by atomic mass is 15.3. The minimum atomic E-state index is 0.622. The highest BCUT2D eigenvalue weighted by molar-refractivity contribution is 5.68. The lowest BCUT2D eigenvalue weighted by Gasteiger charge is -2.38. The fraction of sp³-hybridized carbons (Fsp3) is 0.528. The molecule has 2 aromatic carbocycles. The second kappa shape index (κ2) is 11.0. The summed E-state index contributed by atoms with van der Waals surface area (Å²) in [6, 6.07) is 17.3. The van der Waals surface area contributed by atoms with Crippen LogP contribution in [-0.2, 0) is 12.8 Å². The molecule has 204 valence electrons. The van der Waals surface area contributed by atoms with Gasteiger partial charge in [-0.15, -0.1) is 0 Å². The summed E-state index contributed by atoms with van der Waals surface area (Å²) < 4.78 is 2.17. The number of aryl methyl sites for hydroxylation is 2. The minimum Gasteiger partial charge on any atom is -0.345 e. The second-order valence-corrected chi connectivity index (χ2v) is 13.0. The number of allylic oxidation sites excluding steroid dienone is 1. The van der Waals surface area contributed by atoms with Crippen molar-refractivity contribution in [3.8, 4) is 11.1 Å². The predicted molar refractivity (Wildman–Crippen MR) is 162 cm³/mol. The first-order valence-electron chi connectivity index (χ1n) is 15.9. The van der Waals surface area contributed by atoms with E-state index in [2.05, 4.69) is 69.5 Å². The van der Waals surface area contributed by atoms with Crippen molar-refractivity contribution in [2.45, 2.75) is 102 Å². The van der Waals surface area contributed by atoms with Crippen LogP contribution in [0, 0.1) is 11.8 Å². The number of nitrogens with zero attached hydrogens (tertiary/aromatic N) is 3. The first kappa shape index (κ1) is 25.2. The molecule has 3 saturated carbocycles.